The minimum Gasteiger partial charge on any atom is -0.465 e. The molecule has 0 saturated heterocycles. The normalized spacial score (nSPS) is 9.92. The van der Waals surface area contributed by atoms with E-state index in [9.17, 15) is 14.9 Å². The third kappa shape index (κ3) is 5.62. The minimum atomic E-state index is -0.484. The molecule has 0 aliphatic rings. The second kappa shape index (κ2) is 9.45. The molecule has 2 rings (SSSR count). The van der Waals surface area contributed by atoms with E-state index < -0.39 is 5.97 Å². The molecule has 128 valence electrons. The maximum absolute atomic E-state index is 11.8. The fourth-order valence-corrected chi connectivity index (χ4v) is 2.77. The molecule has 0 spiro atoms. The van der Waals surface area contributed by atoms with Gasteiger partial charge in [0.25, 0.3) is 0 Å². The molecule has 0 unspecified atom stereocenters. The van der Waals surface area contributed by atoms with Crippen molar-refractivity contribution in [3.8, 4) is 17.3 Å². The van der Waals surface area contributed by atoms with Gasteiger partial charge < -0.3 is 10.1 Å². The summed E-state index contributed by atoms with van der Waals surface area (Å²) in [6.45, 7) is 1.80. The van der Waals surface area contributed by atoms with Gasteiger partial charge in [0.15, 0.2) is 0 Å². The molecule has 2 aromatic rings. The number of hydrogen-bond donors (Lipinski definition) is 1. The van der Waals surface area contributed by atoms with Crippen molar-refractivity contribution in [1.29, 1.82) is 5.26 Å². The fourth-order valence-electron chi connectivity index (χ4n) is 1.97. The van der Waals surface area contributed by atoms with Gasteiger partial charge in [0, 0.05) is 5.56 Å². The second-order valence-electron chi connectivity index (χ2n) is 4.90. The van der Waals surface area contributed by atoms with Crippen molar-refractivity contribution in [1.82, 2.24) is 10.3 Å². The Hall–Kier alpha value is -2.85. The van der Waals surface area contributed by atoms with Crippen molar-refractivity contribution >= 4 is 23.6 Å². The van der Waals surface area contributed by atoms with Gasteiger partial charge in [-0.3, -0.25) is 9.59 Å². The van der Waals surface area contributed by atoms with Crippen LogP contribution in [0.2, 0.25) is 0 Å². The summed E-state index contributed by atoms with van der Waals surface area (Å²) in [5.74, 6) is -0.754. The largest absolute Gasteiger partial charge is 0.465 e. The maximum Gasteiger partial charge on any atom is 0.325 e. The van der Waals surface area contributed by atoms with Crippen LogP contribution >= 0.6 is 11.8 Å². The van der Waals surface area contributed by atoms with E-state index in [2.05, 4.69) is 16.4 Å². The first kappa shape index (κ1) is 18.5. The van der Waals surface area contributed by atoms with Crippen molar-refractivity contribution in [2.45, 2.75) is 11.9 Å². The van der Waals surface area contributed by atoms with Gasteiger partial charge in [-0.2, -0.15) is 5.26 Å². The van der Waals surface area contributed by atoms with Crippen LogP contribution in [0.3, 0.4) is 0 Å². The number of nitrogens with one attached hydrogen (secondary N) is 1. The number of nitrogens with zero attached hydrogens (tertiary/aromatic N) is 2. The summed E-state index contributed by atoms with van der Waals surface area (Å²) in [5, 5.41) is 12.2. The summed E-state index contributed by atoms with van der Waals surface area (Å²) >= 11 is 1.16. The highest BCUT2D eigenvalue weighted by molar-refractivity contribution is 8.00. The van der Waals surface area contributed by atoms with Gasteiger partial charge in [-0.1, -0.05) is 42.1 Å². The first-order chi connectivity index (χ1) is 12.1. The second-order valence-corrected chi connectivity index (χ2v) is 5.86. The van der Waals surface area contributed by atoms with E-state index in [1.807, 2.05) is 30.3 Å². The number of carbonyl (C=O) groups excluding carboxylic acids is 2. The lowest BCUT2D eigenvalue weighted by molar-refractivity contribution is -0.143. The number of ether oxygens (including phenoxy) is 1. The Balaban J connectivity index is 2.02. The molecule has 0 aliphatic heterocycles. The van der Waals surface area contributed by atoms with Crippen LogP contribution < -0.4 is 5.32 Å². The summed E-state index contributed by atoms with van der Waals surface area (Å²) in [6.07, 6.45) is 0. The highest BCUT2D eigenvalue weighted by atomic mass is 32.2. The van der Waals surface area contributed by atoms with Crippen molar-refractivity contribution in [2.75, 3.05) is 18.9 Å². The molecule has 0 bridgehead atoms. The van der Waals surface area contributed by atoms with E-state index in [-0.39, 0.29) is 24.8 Å². The predicted octanol–water partition coefficient (Wildman–Crippen LogP) is 2.39. The third-order valence-corrected chi connectivity index (χ3v) is 4.12. The van der Waals surface area contributed by atoms with Crippen LogP contribution in [0.1, 0.15) is 12.5 Å². The number of carbonyl (C=O) groups is 2. The van der Waals surface area contributed by atoms with Crippen LogP contribution in [0.25, 0.3) is 11.3 Å². The van der Waals surface area contributed by atoms with E-state index in [0.717, 1.165) is 23.0 Å². The molecule has 0 radical (unpaired) electrons. The lowest BCUT2D eigenvalue weighted by Crippen LogP contribution is -2.31. The molecule has 25 heavy (non-hydrogen) atoms. The van der Waals surface area contributed by atoms with Crippen LogP contribution in [-0.4, -0.2) is 35.8 Å². The standard InChI is InChI=1S/C18H17N3O3S/c1-2-24-17(23)11-20-16(22)12-25-18-14(10-19)8-9-15(21-18)13-6-4-3-5-7-13/h3-9H,2,11-12H2,1H3,(H,20,22). The van der Waals surface area contributed by atoms with Crippen molar-refractivity contribution in [3.05, 3.63) is 48.0 Å². The van der Waals surface area contributed by atoms with Gasteiger partial charge >= 0.3 is 5.97 Å². The zero-order valence-electron chi connectivity index (χ0n) is 13.7. The number of amides is 1. The van der Waals surface area contributed by atoms with E-state index >= 15 is 0 Å². The highest BCUT2D eigenvalue weighted by Gasteiger charge is 2.11. The van der Waals surface area contributed by atoms with E-state index in [1.54, 1.807) is 19.1 Å². The molecule has 1 heterocycles. The van der Waals surface area contributed by atoms with E-state index in [0.29, 0.717) is 10.6 Å². The van der Waals surface area contributed by atoms with Crippen molar-refractivity contribution < 1.29 is 14.3 Å². The van der Waals surface area contributed by atoms with Gasteiger partial charge in [-0.15, -0.1) is 0 Å². The molecule has 7 heteroatoms. The predicted molar refractivity (Wildman–Crippen MR) is 94.8 cm³/mol. The smallest absolute Gasteiger partial charge is 0.325 e. The van der Waals surface area contributed by atoms with E-state index in [1.165, 1.54) is 0 Å². The first-order valence-electron chi connectivity index (χ1n) is 7.65. The fraction of sp³-hybridized carbons (Fsp3) is 0.222. The first-order valence-corrected chi connectivity index (χ1v) is 8.64. The number of rotatable bonds is 7. The summed E-state index contributed by atoms with van der Waals surface area (Å²) in [7, 11) is 0. The molecule has 0 saturated carbocycles. The quantitative estimate of drug-likeness (QED) is 0.606. The topological polar surface area (TPSA) is 92.1 Å². The Labute approximate surface area is 150 Å². The summed E-state index contributed by atoms with van der Waals surface area (Å²) in [6, 6.07) is 15.1. The van der Waals surface area contributed by atoms with Crippen LogP contribution in [-0.2, 0) is 14.3 Å². The Morgan fingerprint density at radius 1 is 1.24 bits per heavy atom. The van der Waals surface area contributed by atoms with Crippen molar-refractivity contribution in [2.24, 2.45) is 0 Å². The number of aromatic nitrogens is 1. The average Bonchev–Trinajstić information content (AvgIpc) is 2.65. The van der Waals surface area contributed by atoms with E-state index in [4.69, 9.17) is 4.74 Å². The minimum absolute atomic E-state index is 0.0549. The molecule has 1 amide bonds. The molecule has 0 atom stereocenters. The van der Waals surface area contributed by atoms with Crippen LogP contribution in [0.4, 0.5) is 0 Å². The van der Waals surface area contributed by atoms with Crippen LogP contribution in [0, 0.1) is 11.3 Å². The van der Waals surface area contributed by atoms with Crippen LogP contribution in [0.5, 0.6) is 0 Å². The van der Waals surface area contributed by atoms with Gasteiger partial charge in [0.2, 0.25) is 5.91 Å². The molecule has 0 aliphatic carbocycles. The Kier molecular flexibility index (Phi) is 6.99. The number of hydrogen-bond acceptors (Lipinski definition) is 6. The average molecular weight is 355 g/mol. The number of thioether (sulfide) groups is 1. The zero-order chi connectivity index (χ0) is 18.1. The Morgan fingerprint density at radius 3 is 2.68 bits per heavy atom. The summed E-state index contributed by atoms with van der Waals surface area (Å²) in [5.41, 5.74) is 2.07. The maximum atomic E-state index is 11.8. The highest BCUT2D eigenvalue weighted by Crippen LogP contribution is 2.25. The summed E-state index contributed by atoms with van der Waals surface area (Å²) in [4.78, 5) is 27.5. The molecular weight excluding hydrogens is 338 g/mol. The number of benzene rings is 1. The van der Waals surface area contributed by atoms with Gasteiger partial charge in [0.1, 0.15) is 17.6 Å². The van der Waals surface area contributed by atoms with Crippen LogP contribution in [0.15, 0.2) is 47.5 Å². The molecular formula is C18H17N3O3S. The molecule has 6 nitrogen and oxygen atoms in total. The third-order valence-electron chi connectivity index (χ3n) is 3.13. The SMILES string of the molecule is CCOC(=O)CNC(=O)CSc1nc(-c2ccccc2)ccc1C#N. The number of nitriles is 1. The van der Waals surface area contributed by atoms with Crippen molar-refractivity contribution in [3.63, 3.8) is 0 Å². The van der Waals surface area contributed by atoms with Gasteiger partial charge in [0.05, 0.1) is 23.6 Å². The zero-order valence-corrected chi connectivity index (χ0v) is 14.5. The lowest BCUT2D eigenvalue weighted by Gasteiger charge is -2.07. The number of pyridine rings is 1. The molecule has 1 N–H and O–H groups in total. The summed E-state index contributed by atoms with van der Waals surface area (Å²) < 4.78 is 4.74. The molecule has 1 aromatic heterocycles. The molecule has 0 fully saturated rings. The molecule has 1 aromatic carbocycles. The lowest BCUT2D eigenvalue weighted by atomic mass is 10.1. The number of esters is 1. The Bertz CT molecular complexity index is 788. The monoisotopic (exact) mass is 355 g/mol. The Morgan fingerprint density at radius 2 is 2.00 bits per heavy atom. The van der Waals surface area contributed by atoms with Gasteiger partial charge in [-0.05, 0) is 19.1 Å². The van der Waals surface area contributed by atoms with Gasteiger partial charge in [-0.25, -0.2) is 4.98 Å².